The second-order valence-corrected chi connectivity index (χ2v) is 3.16. The number of nitriles is 1. The zero-order valence-corrected chi connectivity index (χ0v) is 8.85. The Morgan fingerprint density at radius 3 is 2.87 bits per heavy atom. The maximum absolute atomic E-state index is 13.0. The molecule has 0 N–H and O–H groups in total. The summed E-state index contributed by atoms with van der Waals surface area (Å²) in [6.45, 7) is 1.85. The van der Waals surface area contributed by atoms with Crippen molar-refractivity contribution in [2.75, 3.05) is 6.61 Å². The molecule has 0 atom stereocenters. The van der Waals surface area contributed by atoms with Crippen LogP contribution in [0.25, 0.3) is 0 Å². The maximum Gasteiger partial charge on any atom is 0.339 e. The Morgan fingerprint density at radius 2 is 2.33 bits per heavy atom. The van der Waals surface area contributed by atoms with Gasteiger partial charge in [-0.05, 0) is 19.1 Å². The third-order valence-corrected chi connectivity index (χ3v) is 2.05. The van der Waals surface area contributed by atoms with E-state index in [9.17, 15) is 9.18 Å². The summed E-state index contributed by atoms with van der Waals surface area (Å²) in [6, 6.07) is 3.88. The number of nitrogens with zero attached hydrogens (tertiary/aromatic N) is 1. The monoisotopic (exact) mass is 225 g/mol. The largest absolute Gasteiger partial charge is 0.462 e. The predicted octanol–water partition coefficient (Wildman–Crippen LogP) is 2.16. The molecule has 0 aliphatic carbocycles. The Kier molecular flexibility index (Phi) is 3.69. The molecular weight excluding hydrogens is 217 g/mol. The topological polar surface area (TPSA) is 50.1 Å². The van der Waals surface area contributed by atoms with Crippen molar-refractivity contribution < 1.29 is 13.9 Å². The van der Waals surface area contributed by atoms with Gasteiger partial charge in [0.15, 0.2) is 0 Å². The zero-order chi connectivity index (χ0) is 11.4. The molecule has 0 fully saturated rings. The van der Waals surface area contributed by atoms with Crippen LogP contribution < -0.4 is 0 Å². The summed E-state index contributed by atoms with van der Waals surface area (Å²) in [6.07, 6.45) is 0. The highest BCUT2D eigenvalue weighted by Crippen LogP contribution is 2.19. The Balaban J connectivity index is 3.23. The SMILES string of the molecule is CCOC(=O)c1cc(S)c(F)cc1C#N. The van der Waals surface area contributed by atoms with Crippen molar-refractivity contribution >= 4 is 18.6 Å². The van der Waals surface area contributed by atoms with Crippen molar-refractivity contribution in [2.45, 2.75) is 11.8 Å². The molecule has 0 saturated carbocycles. The lowest BCUT2D eigenvalue weighted by Crippen LogP contribution is -2.07. The van der Waals surface area contributed by atoms with Crippen LogP contribution in [0.15, 0.2) is 17.0 Å². The summed E-state index contributed by atoms with van der Waals surface area (Å²) in [5, 5.41) is 8.70. The number of rotatable bonds is 2. The number of hydrogen-bond acceptors (Lipinski definition) is 4. The average molecular weight is 225 g/mol. The molecule has 0 aliphatic heterocycles. The standard InChI is InChI=1S/C10H8FNO2S/c1-2-14-10(13)7-4-9(15)8(11)3-6(7)5-12/h3-4,15H,2H2,1H3. The highest BCUT2D eigenvalue weighted by molar-refractivity contribution is 7.80. The summed E-state index contributed by atoms with van der Waals surface area (Å²) in [5.41, 5.74) is -0.0190. The van der Waals surface area contributed by atoms with Crippen LogP contribution in [0.4, 0.5) is 4.39 Å². The first-order valence-electron chi connectivity index (χ1n) is 4.19. The Morgan fingerprint density at radius 1 is 1.67 bits per heavy atom. The van der Waals surface area contributed by atoms with E-state index in [0.717, 1.165) is 6.07 Å². The number of carbonyl (C=O) groups excluding carboxylic acids is 1. The van der Waals surface area contributed by atoms with Crippen molar-refractivity contribution in [3.8, 4) is 6.07 Å². The van der Waals surface area contributed by atoms with Gasteiger partial charge in [-0.1, -0.05) is 0 Å². The molecule has 0 saturated heterocycles. The Labute approximate surface area is 91.9 Å². The number of halogens is 1. The third-order valence-electron chi connectivity index (χ3n) is 1.70. The van der Waals surface area contributed by atoms with Crippen molar-refractivity contribution in [3.05, 3.63) is 29.1 Å². The quantitative estimate of drug-likeness (QED) is 0.619. The zero-order valence-electron chi connectivity index (χ0n) is 7.95. The van der Waals surface area contributed by atoms with E-state index in [2.05, 4.69) is 12.6 Å². The lowest BCUT2D eigenvalue weighted by atomic mass is 10.1. The highest BCUT2D eigenvalue weighted by Gasteiger charge is 2.15. The minimum absolute atomic E-state index is 0.0112. The number of benzene rings is 1. The second kappa shape index (κ2) is 4.80. The summed E-state index contributed by atoms with van der Waals surface area (Å²) in [4.78, 5) is 11.4. The molecule has 0 amide bonds. The fourth-order valence-corrected chi connectivity index (χ4v) is 1.23. The molecule has 1 aromatic carbocycles. The smallest absolute Gasteiger partial charge is 0.339 e. The normalized spacial score (nSPS) is 9.47. The average Bonchev–Trinajstić information content (AvgIpc) is 2.21. The van der Waals surface area contributed by atoms with Gasteiger partial charge in [0, 0.05) is 4.90 Å². The third kappa shape index (κ3) is 2.48. The van der Waals surface area contributed by atoms with Gasteiger partial charge in [0.05, 0.1) is 17.7 Å². The van der Waals surface area contributed by atoms with Crippen molar-refractivity contribution in [1.82, 2.24) is 0 Å². The molecule has 0 radical (unpaired) electrons. The van der Waals surface area contributed by atoms with E-state index in [1.807, 2.05) is 0 Å². The van der Waals surface area contributed by atoms with Crippen molar-refractivity contribution in [1.29, 1.82) is 5.26 Å². The van der Waals surface area contributed by atoms with Crippen LogP contribution in [0.1, 0.15) is 22.8 Å². The summed E-state index contributed by atoms with van der Waals surface area (Å²) >= 11 is 3.82. The van der Waals surface area contributed by atoms with Crippen LogP contribution in [-0.4, -0.2) is 12.6 Å². The van der Waals surface area contributed by atoms with Gasteiger partial charge in [-0.15, -0.1) is 12.6 Å². The molecule has 0 unspecified atom stereocenters. The van der Waals surface area contributed by atoms with E-state index in [1.54, 1.807) is 13.0 Å². The van der Waals surface area contributed by atoms with Gasteiger partial charge >= 0.3 is 5.97 Å². The Bertz CT molecular complexity index is 440. The minimum atomic E-state index is -0.649. The van der Waals surface area contributed by atoms with Crippen LogP contribution >= 0.6 is 12.6 Å². The fourth-order valence-electron chi connectivity index (χ4n) is 1.03. The van der Waals surface area contributed by atoms with Gasteiger partial charge in [-0.25, -0.2) is 9.18 Å². The van der Waals surface area contributed by atoms with Crippen molar-refractivity contribution in [3.63, 3.8) is 0 Å². The molecule has 0 heterocycles. The predicted molar refractivity (Wildman–Crippen MR) is 54.3 cm³/mol. The van der Waals surface area contributed by atoms with Crippen molar-refractivity contribution in [2.24, 2.45) is 0 Å². The second-order valence-electron chi connectivity index (χ2n) is 2.68. The molecule has 0 aromatic heterocycles. The van der Waals surface area contributed by atoms with Gasteiger partial charge < -0.3 is 4.74 Å². The van der Waals surface area contributed by atoms with E-state index in [4.69, 9.17) is 10.00 Å². The number of esters is 1. The first-order valence-corrected chi connectivity index (χ1v) is 4.64. The van der Waals surface area contributed by atoms with E-state index in [1.165, 1.54) is 6.07 Å². The van der Waals surface area contributed by atoms with Crippen LogP contribution in [0.5, 0.6) is 0 Å². The molecule has 0 spiro atoms. The number of carbonyl (C=O) groups is 1. The molecule has 0 bridgehead atoms. The molecule has 15 heavy (non-hydrogen) atoms. The van der Waals surface area contributed by atoms with Crippen LogP contribution in [0, 0.1) is 17.1 Å². The van der Waals surface area contributed by atoms with Gasteiger partial charge in [-0.2, -0.15) is 5.26 Å². The van der Waals surface area contributed by atoms with E-state index in [-0.39, 0.29) is 22.6 Å². The molecule has 0 aliphatic rings. The van der Waals surface area contributed by atoms with Gasteiger partial charge in [0.25, 0.3) is 0 Å². The lowest BCUT2D eigenvalue weighted by molar-refractivity contribution is 0.0525. The Hall–Kier alpha value is -1.54. The molecule has 78 valence electrons. The highest BCUT2D eigenvalue weighted by atomic mass is 32.1. The van der Waals surface area contributed by atoms with Crippen LogP contribution in [-0.2, 0) is 4.74 Å². The lowest BCUT2D eigenvalue weighted by Gasteiger charge is -2.05. The van der Waals surface area contributed by atoms with Gasteiger partial charge in [0.1, 0.15) is 11.9 Å². The number of hydrogen-bond donors (Lipinski definition) is 1. The van der Waals surface area contributed by atoms with E-state index >= 15 is 0 Å². The molecule has 1 rings (SSSR count). The van der Waals surface area contributed by atoms with Crippen LogP contribution in [0.2, 0.25) is 0 Å². The maximum atomic E-state index is 13.0. The minimum Gasteiger partial charge on any atom is -0.462 e. The summed E-state index contributed by atoms with van der Waals surface area (Å²) in [7, 11) is 0. The van der Waals surface area contributed by atoms with Crippen LogP contribution in [0.3, 0.4) is 0 Å². The molecule has 3 nitrogen and oxygen atoms in total. The number of ether oxygens (including phenoxy) is 1. The summed E-state index contributed by atoms with van der Waals surface area (Å²) in [5.74, 6) is -1.28. The van der Waals surface area contributed by atoms with Gasteiger partial charge in [0.2, 0.25) is 0 Å². The molecular formula is C10H8FNO2S. The first-order chi connectivity index (χ1) is 7.10. The van der Waals surface area contributed by atoms with E-state index in [0.29, 0.717) is 0 Å². The fraction of sp³-hybridized carbons (Fsp3) is 0.200. The summed E-state index contributed by atoms with van der Waals surface area (Å²) < 4.78 is 17.7. The molecule has 5 heteroatoms. The first kappa shape index (κ1) is 11.5. The van der Waals surface area contributed by atoms with E-state index < -0.39 is 11.8 Å². The number of thiol groups is 1. The van der Waals surface area contributed by atoms with Gasteiger partial charge in [-0.3, -0.25) is 0 Å². The molecule has 1 aromatic rings.